The molecule has 1 atom stereocenters. The van der Waals surface area contributed by atoms with Crippen LogP contribution in [-0.2, 0) is 21.2 Å². The third-order valence-electron chi connectivity index (χ3n) is 6.65. The summed E-state index contributed by atoms with van der Waals surface area (Å²) in [5, 5.41) is 7.12. The van der Waals surface area contributed by atoms with Gasteiger partial charge in [0.05, 0.1) is 16.8 Å². The number of benzene rings is 3. The van der Waals surface area contributed by atoms with E-state index in [4.69, 9.17) is 10.5 Å². The number of rotatable bonds is 10. The zero-order chi connectivity index (χ0) is 27.6. The van der Waals surface area contributed by atoms with Crippen LogP contribution in [0.15, 0.2) is 77.8 Å². The number of nitrogen functional groups attached to an aromatic ring is 1. The normalized spacial score (nSPS) is 14.1. The molecule has 8 nitrogen and oxygen atoms in total. The Kier molecular flexibility index (Phi) is 7.38. The summed E-state index contributed by atoms with van der Waals surface area (Å²) in [5.74, 6) is -0.317. The average Bonchev–Trinajstić information content (AvgIpc) is 3.79. The summed E-state index contributed by atoms with van der Waals surface area (Å²) >= 11 is 0. The highest BCUT2D eigenvalue weighted by molar-refractivity contribution is 7.92. The van der Waals surface area contributed by atoms with Crippen LogP contribution < -0.4 is 21.1 Å². The van der Waals surface area contributed by atoms with E-state index in [0.29, 0.717) is 42.3 Å². The molecular weight excluding hydrogens is 519 g/mol. The Morgan fingerprint density at radius 1 is 1.13 bits per heavy atom. The summed E-state index contributed by atoms with van der Waals surface area (Å²) in [4.78, 5) is 17.9. The van der Waals surface area contributed by atoms with Gasteiger partial charge in [-0.2, -0.15) is 0 Å². The molecule has 1 aliphatic carbocycles. The lowest BCUT2D eigenvalue weighted by atomic mass is 10.0. The highest BCUT2D eigenvalue weighted by atomic mass is 32.2. The molecule has 4 N–H and O–H groups in total. The number of hydrogen-bond acceptors (Lipinski definition) is 7. The third kappa shape index (κ3) is 5.65. The lowest BCUT2D eigenvalue weighted by Crippen LogP contribution is -2.34. The van der Waals surface area contributed by atoms with E-state index in [1.165, 1.54) is 18.2 Å². The number of carbonyl (C=O) groups excluding carboxylic acids is 1. The molecule has 10 heteroatoms. The van der Waals surface area contributed by atoms with Gasteiger partial charge >= 0.3 is 0 Å². The first-order chi connectivity index (χ1) is 18.8. The molecule has 3 aromatic carbocycles. The number of sulfone groups is 1. The second-order valence-corrected chi connectivity index (χ2v) is 11.6. The van der Waals surface area contributed by atoms with E-state index in [9.17, 15) is 13.2 Å². The van der Waals surface area contributed by atoms with Crippen molar-refractivity contribution in [2.75, 3.05) is 17.7 Å². The van der Waals surface area contributed by atoms with Crippen molar-refractivity contribution in [3.63, 3.8) is 0 Å². The van der Waals surface area contributed by atoms with E-state index in [1.54, 1.807) is 54.7 Å². The van der Waals surface area contributed by atoms with Crippen molar-refractivity contribution in [1.29, 1.82) is 0 Å². The summed E-state index contributed by atoms with van der Waals surface area (Å²) in [5.41, 5.74) is 7.10. The van der Waals surface area contributed by atoms with Gasteiger partial charge in [0.2, 0.25) is 5.91 Å². The Morgan fingerprint density at radius 3 is 2.69 bits per heavy atom. The SMILES string of the molecule is CCOc1ccc(F)c(C(Nc2ccc3c(N)nccc3c2)C(=O)NCc2ccccc2S(=O)(=O)C2CC2)c1. The fourth-order valence-corrected chi connectivity index (χ4v) is 6.40. The number of amides is 1. The largest absolute Gasteiger partial charge is 0.494 e. The Balaban J connectivity index is 1.46. The molecule has 1 fully saturated rings. The van der Waals surface area contributed by atoms with Gasteiger partial charge in [0.1, 0.15) is 23.4 Å². The van der Waals surface area contributed by atoms with E-state index in [2.05, 4.69) is 15.6 Å². The number of hydrogen-bond donors (Lipinski definition) is 3. The summed E-state index contributed by atoms with van der Waals surface area (Å²) in [6, 6.07) is 16.8. The first kappa shape index (κ1) is 26.4. The van der Waals surface area contributed by atoms with Crippen LogP contribution in [0.3, 0.4) is 0 Å². The zero-order valence-corrected chi connectivity index (χ0v) is 22.2. The van der Waals surface area contributed by atoms with Crippen LogP contribution in [0, 0.1) is 5.82 Å². The van der Waals surface area contributed by atoms with Gasteiger partial charge in [-0.05, 0) is 79.2 Å². The second kappa shape index (κ2) is 10.9. The Hall–Kier alpha value is -4.18. The van der Waals surface area contributed by atoms with Crippen LogP contribution in [0.4, 0.5) is 15.9 Å². The number of halogens is 1. The Labute approximate surface area is 226 Å². The molecule has 1 heterocycles. The topological polar surface area (TPSA) is 123 Å². The van der Waals surface area contributed by atoms with Crippen molar-refractivity contribution in [2.45, 2.75) is 42.5 Å². The summed E-state index contributed by atoms with van der Waals surface area (Å²) in [6.45, 7) is 2.15. The lowest BCUT2D eigenvalue weighted by molar-refractivity contribution is -0.122. The third-order valence-corrected chi connectivity index (χ3v) is 9.01. The van der Waals surface area contributed by atoms with E-state index < -0.39 is 27.6 Å². The highest BCUT2D eigenvalue weighted by Crippen LogP contribution is 2.35. The van der Waals surface area contributed by atoms with Gasteiger partial charge in [-0.3, -0.25) is 4.79 Å². The molecule has 1 saturated carbocycles. The van der Waals surface area contributed by atoms with Crippen LogP contribution in [-0.4, -0.2) is 31.2 Å². The fourth-order valence-electron chi connectivity index (χ4n) is 4.51. The molecule has 1 aromatic heterocycles. The van der Waals surface area contributed by atoms with Gasteiger partial charge in [0.15, 0.2) is 9.84 Å². The number of anilines is 2. The van der Waals surface area contributed by atoms with Crippen LogP contribution in [0.2, 0.25) is 0 Å². The molecule has 5 rings (SSSR count). The Morgan fingerprint density at radius 2 is 1.92 bits per heavy atom. The van der Waals surface area contributed by atoms with Crippen molar-refractivity contribution in [3.05, 3.63) is 89.9 Å². The molecule has 1 unspecified atom stereocenters. The maximum atomic E-state index is 15.1. The number of pyridine rings is 1. The number of carbonyl (C=O) groups is 1. The first-order valence-electron chi connectivity index (χ1n) is 12.7. The van der Waals surface area contributed by atoms with Gasteiger partial charge in [-0.25, -0.2) is 17.8 Å². The van der Waals surface area contributed by atoms with E-state index in [0.717, 1.165) is 10.8 Å². The van der Waals surface area contributed by atoms with Crippen molar-refractivity contribution in [2.24, 2.45) is 0 Å². The van der Waals surface area contributed by atoms with Crippen LogP contribution in [0.1, 0.15) is 36.9 Å². The maximum absolute atomic E-state index is 15.1. The molecule has 0 saturated heterocycles. The molecule has 202 valence electrons. The molecule has 1 amide bonds. The number of aromatic nitrogens is 1. The lowest BCUT2D eigenvalue weighted by Gasteiger charge is -2.22. The molecule has 39 heavy (non-hydrogen) atoms. The molecule has 0 radical (unpaired) electrons. The van der Waals surface area contributed by atoms with Crippen molar-refractivity contribution in [3.8, 4) is 5.75 Å². The van der Waals surface area contributed by atoms with Gasteiger partial charge < -0.3 is 21.1 Å². The number of fused-ring (bicyclic) bond motifs is 1. The monoisotopic (exact) mass is 548 g/mol. The molecule has 0 spiro atoms. The number of nitrogens with one attached hydrogen (secondary N) is 2. The van der Waals surface area contributed by atoms with Crippen LogP contribution in [0.5, 0.6) is 5.75 Å². The number of ether oxygens (including phenoxy) is 1. The second-order valence-electron chi connectivity index (χ2n) is 9.40. The molecule has 1 aliphatic rings. The molecular formula is C29H29FN4O4S. The van der Waals surface area contributed by atoms with E-state index >= 15 is 4.39 Å². The van der Waals surface area contributed by atoms with Gasteiger partial charge in [0, 0.05) is 29.4 Å². The summed E-state index contributed by atoms with van der Waals surface area (Å²) < 4.78 is 46.5. The zero-order valence-electron chi connectivity index (χ0n) is 21.4. The summed E-state index contributed by atoms with van der Waals surface area (Å²) in [6.07, 6.45) is 2.86. The van der Waals surface area contributed by atoms with E-state index in [-0.39, 0.29) is 22.3 Å². The maximum Gasteiger partial charge on any atom is 0.247 e. The predicted molar refractivity (Wildman–Crippen MR) is 149 cm³/mol. The number of nitrogens with two attached hydrogens (primary N) is 1. The first-order valence-corrected chi connectivity index (χ1v) is 14.2. The fraction of sp³-hybridized carbons (Fsp3) is 0.241. The quantitative estimate of drug-likeness (QED) is 0.261. The molecule has 0 aliphatic heterocycles. The smallest absolute Gasteiger partial charge is 0.247 e. The average molecular weight is 549 g/mol. The van der Waals surface area contributed by atoms with Crippen molar-refractivity contribution >= 4 is 38.0 Å². The van der Waals surface area contributed by atoms with E-state index in [1.807, 2.05) is 6.92 Å². The van der Waals surface area contributed by atoms with Crippen LogP contribution in [0.25, 0.3) is 10.8 Å². The minimum Gasteiger partial charge on any atom is -0.494 e. The predicted octanol–water partition coefficient (Wildman–Crippen LogP) is 4.76. The molecule has 4 aromatic rings. The molecule has 0 bridgehead atoms. The minimum absolute atomic E-state index is 0.0359. The van der Waals surface area contributed by atoms with Gasteiger partial charge in [0.25, 0.3) is 0 Å². The minimum atomic E-state index is -3.47. The van der Waals surface area contributed by atoms with Gasteiger partial charge in [-0.15, -0.1) is 0 Å². The van der Waals surface area contributed by atoms with Crippen molar-refractivity contribution < 1.29 is 22.3 Å². The summed E-state index contributed by atoms with van der Waals surface area (Å²) in [7, 11) is -3.47. The standard InChI is InChI=1S/C29H29FN4O4S/c1-2-38-21-8-12-25(30)24(16-21)27(34-20-7-11-23-18(15-20)13-14-32-28(23)31)29(35)33-17-19-5-3-4-6-26(19)39(36,37)22-9-10-22/h3-8,11-16,22,27,34H,2,9-10,17H2,1H3,(H2,31,32)(H,33,35). The highest BCUT2D eigenvalue weighted by Gasteiger charge is 2.38. The van der Waals surface area contributed by atoms with Crippen LogP contribution >= 0.6 is 0 Å². The van der Waals surface area contributed by atoms with Gasteiger partial charge in [-0.1, -0.05) is 18.2 Å². The Bertz CT molecular complexity index is 1640. The number of nitrogens with zero attached hydrogens (tertiary/aromatic N) is 1. The van der Waals surface area contributed by atoms with Crippen molar-refractivity contribution in [1.82, 2.24) is 10.3 Å².